The fraction of sp³-hybridized carbons (Fsp3) is 0.333. The Balaban J connectivity index is 1.39. The highest BCUT2D eigenvalue weighted by Crippen LogP contribution is 2.08. The minimum absolute atomic E-state index is 0.0744. The molecule has 3 amide bonds. The van der Waals surface area contributed by atoms with E-state index in [0.717, 1.165) is 12.1 Å². The molecule has 9 nitrogen and oxygen atoms in total. The van der Waals surface area contributed by atoms with Crippen molar-refractivity contribution < 1.29 is 9.59 Å². The molecule has 27 heavy (non-hydrogen) atoms. The zero-order valence-corrected chi connectivity index (χ0v) is 15.2. The van der Waals surface area contributed by atoms with Crippen molar-refractivity contribution in [2.24, 2.45) is 4.99 Å². The largest absolute Gasteiger partial charge is 0.356 e. The molecule has 2 heterocycles. The molecule has 1 aliphatic rings. The number of nitrogens with one attached hydrogen (secondary N) is 3. The Morgan fingerprint density at radius 2 is 2.00 bits per heavy atom. The highest BCUT2D eigenvalue weighted by Gasteiger charge is 2.27. The summed E-state index contributed by atoms with van der Waals surface area (Å²) in [6.07, 6.45) is 4.50. The number of carbonyl (C=O) groups is 2. The van der Waals surface area contributed by atoms with Crippen molar-refractivity contribution in [3.05, 3.63) is 48.3 Å². The molecule has 1 saturated heterocycles. The number of nitrogens with zero attached hydrogens (tertiary/aromatic N) is 4. The molecule has 142 valence electrons. The van der Waals surface area contributed by atoms with Crippen LogP contribution in [-0.2, 0) is 11.2 Å². The van der Waals surface area contributed by atoms with Crippen LogP contribution in [0.25, 0.3) is 5.69 Å². The van der Waals surface area contributed by atoms with Gasteiger partial charge in [-0.25, -0.2) is 9.48 Å². The Morgan fingerprint density at radius 1 is 1.22 bits per heavy atom. The van der Waals surface area contributed by atoms with Gasteiger partial charge in [0.15, 0.2) is 5.96 Å². The van der Waals surface area contributed by atoms with Crippen molar-refractivity contribution >= 4 is 17.9 Å². The summed E-state index contributed by atoms with van der Waals surface area (Å²) in [4.78, 5) is 28.3. The third-order valence-electron chi connectivity index (χ3n) is 4.20. The average molecular weight is 369 g/mol. The van der Waals surface area contributed by atoms with Crippen molar-refractivity contribution in [3.63, 3.8) is 0 Å². The van der Waals surface area contributed by atoms with Crippen molar-refractivity contribution in [3.8, 4) is 5.69 Å². The van der Waals surface area contributed by atoms with E-state index in [1.807, 2.05) is 29.1 Å². The first-order valence-electron chi connectivity index (χ1n) is 8.79. The van der Waals surface area contributed by atoms with Crippen LogP contribution in [0.5, 0.6) is 0 Å². The molecule has 9 heteroatoms. The average Bonchev–Trinajstić information content (AvgIpc) is 3.33. The topological polar surface area (TPSA) is 104 Å². The van der Waals surface area contributed by atoms with Gasteiger partial charge in [-0.05, 0) is 30.2 Å². The molecule has 0 bridgehead atoms. The van der Waals surface area contributed by atoms with Crippen molar-refractivity contribution in [2.75, 3.05) is 33.2 Å². The third-order valence-corrected chi connectivity index (χ3v) is 4.20. The summed E-state index contributed by atoms with van der Waals surface area (Å²) in [7, 11) is 1.68. The highest BCUT2D eigenvalue weighted by molar-refractivity contribution is 6.01. The summed E-state index contributed by atoms with van der Waals surface area (Å²) in [5.74, 6) is 0.429. The lowest BCUT2D eigenvalue weighted by Gasteiger charge is -2.15. The van der Waals surface area contributed by atoms with Crippen LogP contribution < -0.4 is 16.0 Å². The Bertz CT molecular complexity index is 784. The summed E-state index contributed by atoms with van der Waals surface area (Å²) in [6, 6.07) is 9.77. The number of carbonyl (C=O) groups excluding carboxylic acids is 2. The predicted molar refractivity (Wildman–Crippen MR) is 102 cm³/mol. The molecule has 0 spiro atoms. The minimum Gasteiger partial charge on any atom is -0.356 e. The van der Waals surface area contributed by atoms with E-state index in [9.17, 15) is 9.59 Å². The van der Waals surface area contributed by atoms with Crippen LogP contribution in [-0.4, -0.2) is 65.8 Å². The summed E-state index contributed by atoms with van der Waals surface area (Å²) in [6.45, 7) is 1.53. The number of amides is 3. The SMILES string of the molecule is CN=C(NCCc1ccc(-n2cccn2)cc1)NCCN1C(=O)CNC1=O. The van der Waals surface area contributed by atoms with Crippen molar-refractivity contribution in [1.82, 2.24) is 30.6 Å². The molecule has 0 aliphatic carbocycles. The zero-order chi connectivity index (χ0) is 19.1. The number of rotatable bonds is 7. The number of urea groups is 1. The molecule has 3 rings (SSSR count). The maximum atomic E-state index is 11.5. The normalized spacial score (nSPS) is 14.4. The van der Waals surface area contributed by atoms with Crippen molar-refractivity contribution in [2.45, 2.75) is 6.42 Å². The molecule has 1 aromatic carbocycles. The lowest BCUT2D eigenvalue weighted by molar-refractivity contribution is -0.124. The number of imide groups is 1. The van der Waals surface area contributed by atoms with Gasteiger partial charge in [0, 0.05) is 39.1 Å². The first-order chi connectivity index (χ1) is 13.2. The number of hydrogen-bond donors (Lipinski definition) is 3. The summed E-state index contributed by atoms with van der Waals surface area (Å²) in [5, 5.41) is 13.0. The highest BCUT2D eigenvalue weighted by atomic mass is 16.2. The van der Waals surface area contributed by atoms with Crippen LogP contribution in [0, 0.1) is 0 Å². The van der Waals surface area contributed by atoms with Crippen LogP contribution in [0.3, 0.4) is 0 Å². The fourth-order valence-corrected chi connectivity index (χ4v) is 2.75. The molecule has 2 aromatic rings. The van der Waals surface area contributed by atoms with Crippen LogP contribution in [0.1, 0.15) is 5.56 Å². The maximum absolute atomic E-state index is 11.5. The molecular formula is C18H23N7O2. The fourth-order valence-electron chi connectivity index (χ4n) is 2.75. The number of aliphatic imine (C=N–C) groups is 1. The van der Waals surface area contributed by atoms with Gasteiger partial charge in [-0.3, -0.25) is 14.7 Å². The Hall–Kier alpha value is -3.36. The van der Waals surface area contributed by atoms with Gasteiger partial charge in [-0.15, -0.1) is 0 Å². The molecular weight excluding hydrogens is 346 g/mol. The molecule has 0 saturated carbocycles. The second kappa shape index (κ2) is 8.84. The molecule has 0 unspecified atom stereocenters. The minimum atomic E-state index is -0.344. The van der Waals surface area contributed by atoms with Crippen molar-refractivity contribution in [1.29, 1.82) is 0 Å². The van der Waals surface area contributed by atoms with Gasteiger partial charge in [-0.1, -0.05) is 12.1 Å². The van der Waals surface area contributed by atoms with Gasteiger partial charge in [0.1, 0.15) is 0 Å². The van der Waals surface area contributed by atoms with E-state index in [0.29, 0.717) is 25.6 Å². The van der Waals surface area contributed by atoms with E-state index in [1.54, 1.807) is 13.2 Å². The van der Waals surface area contributed by atoms with E-state index in [1.165, 1.54) is 10.5 Å². The first-order valence-corrected chi connectivity index (χ1v) is 8.79. The summed E-state index contributed by atoms with van der Waals surface area (Å²) in [5.41, 5.74) is 2.22. The second-order valence-corrected chi connectivity index (χ2v) is 6.00. The van der Waals surface area contributed by atoms with Gasteiger partial charge in [0.2, 0.25) is 5.91 Å². The van der Waals surface area contributed by atoms with Crippen LogP contribution in [0.15, 0.2) is 47.7 Å². The molecule has 0 atom stereocenters. The van der Waals surface area contributed by atoms with Crippen LogP contribution in [0.2, 0.25) is 0 Å². The Morgan fingerprint density at radius 3 is 2.63 bits per heavy atom. The zero-order valence-electron chi connectivity index (χ0n) is 15.2. The van der Waals surface area contributed by atoms with Gasteiger partial charge < -0.3 is 16.0 Å². The maximum Gasteiger partial charge on any atom is 0.324 e. The lowest BCUT2D eigenvalue weighted by atomic mass is 10.1. The summed E-state index contributed by atoms with van der Waals surface area (Å²) >= 11 is 0. The molecule has 0 radical (unpaired) electrons. The van der Waals surface area contributed by atoms with E-state index >= 15 is 0 Å². The monoisotopic (exact) mass is 369 g/mol. The van der Waals surface area contributed by atoms with Gasteiger partial charge in [-0.2, -0.15) is 5.10 Å². The quantitative estimate of drug-likeness (QED) is 0.366. The number of hydrogen-bond acceptors (Lipinski definition) is 4. The Labute approximate surface area is 157 Å². The number of benzene rings is 1. The van der Waals surface area contributed by atoms with Gasteiger partial charge in [0.25, 0.3) is 0 Å². The number of guanidine groups is 1. The molecule has 1 aliphatic heterocycles. The van der Waals surface area contributed by atoms with E-state index in [2.05, 4.69) is 38.2 Å². The van der Waals surface area contributed by atoms with Crippen LogP contribution in [0.4, 0.5) is 4.79 Å². The third kappa shape index (κ3) is 4.84. The lowest BCUT2D eigenvalue weighted by Crippen LogP contribution is -2.43. The Kier molecular flexibility index (Phi) is 6.03. The van der Waals surface area contributed by atoms with E-state index in [4.69, 9.17) is 0 Å². The first kappa shape index (κ1) is 18.4. The van der Waals surface area contributed by atoms with Crippen LogP contribution >= 0.6 is 0 Å². The summed E-state index contributed by atoms with van der Waals surface area (Å²) < 4.78 is 1.82. The van der Waals surface area contributed by atoms with Gasteiger partial charge in [0.05, 0.1) is 12.2 Å². The predicted octanol–water partition coefficient (Wildman–Crippen LogP) is 0.132. The molecule has 3 N–H and O–H groups in total. The van der Waals surface area contributed by atoms with E-state index < -0.39 is 0 Å². The molecule has 1 fully saturated rings. The van der Waals surface area contributed by atoms with E-state index in [-0.39, 0.29) is 18.5 Å². The second-order valence-electron chi connectivity index (χ2n) is 6.00. The smallest absolute Gasteiger partial charge is 0.324 e. The standard InChI is InChI=1S/C18H23N7O2/c1-19-17(21-10-12-24-16(26)13-22-18(24)27)20-9-7-14-3-5-15(6-4-14)25-11-2-8-23-25/h2-6,8,11H,7,9-10,12-13H2,1H3,(H,22,27)(H2,19,20,21). The van der Waals surface area contributed by atoms with Gasteiger partial charge >= 0.3 is 6.03 Å². The number of aromatic nitrogens is 2. The molecule has 1 aromatic heterocycles.